The summed E-state index contributed by atoms with van der Waals surface area (Å²) in [7, 11) is 0. The van der Waals surface area contributed by atoms with Gasteiger partial charge in [0.15, 0.2) is 6.10 Å². The van der Waals surface area contributed by atoms with Crippen molar-refractivity contribution in [2.75, 3.05) is 13.2 Å². The minimum Gasteiger partial charge on any atom is -0.462 e. The second-order valence-corrected chi connectivity index (χ2v) is 23.5. The van der Waals surface area contributed by atoms with E-state index in [1.807, 2.05) is 0 Å². The average molecular weight is 1060 g/mol. The van der Waals surface area contributed by atoms with Gasteiger partial charge in [0, 0.05) is 19.3 Å². The Kier molecular flexibility index (Phi) is 63.1. The fourth-order valence-corrected chi connectivity index (χ4v) is 10.6. The monoisotopic (exact) mass is 1060 g/mol. The molecule has 75 heavy (non-hydrogen) atoms. The summed E-state index contributed by atoms with van der Waals surface area (Å²) in [5, 5.41) is 0. The standard InChI is InChI=1S/C69H132O6/c1-4-7-10-13-16-19-22-24-26-28-29-30-31-32-33-34-35-36-37-38-39-41-42-44-47-50-53-56-59-62-68(71)74-65-66(64-73-67(70)61-58-55-52-49-46-21-18-15-12-9-6-3)75-69(72)63-60-57-54-51-48-45-43-40-27-25-23-20-17-14-11-8-5-2/h28-29,66H,4-27,30-65H2,1-3H3/b29-28-. The van der Waals surface area contributed by atoms with E-state index in [1.54, 1.807) is 0 Å². The maximum atomic E-state index is 12.9. The van der Waals surface area contributed by atoms with Gasteiger partial charge < -0.3 is 14.2 Å². The van der Waals surface area contributed by atoms with Crippen molar-refractivity contribution >= 4 is 17.9 Å². The van der Waals surface area contributed by atoms with Crippen molar-refractivity contribution in [3.8, 4) is 0 Å². The molecule has 0 aliphatic carbocycles. The smallest absolute Gasteiger partial charge is 0.306 e. The molecular weight excluding hydrogens is 925 g/mol. The van der Waals surface area contributed by atoms with Crippen LogP contribution in [0.2, 0.25) is 0 Å². The molecule has 0 saturated heterocycles. The van der Waals surface area contributed by atoms with Crippen molar-refractivity contribution in [2.45, 2.75) is 399 Å². The highest BCUT2D eigenvalue weighted by Gasteiger charge is 2.19. The topological polar surface area (TPSA) is 78.9 Å². The summed E-state index contributed by atoms with van der Waals surface area (Å²) >= 11 is 0. The maximum absolute atomic E-state index is 12.9. The van der Waals surface area contributed by atoms with E-state index in [0.717, 1.165) is 57.8 Å². The summed E-state index contributed by atoms with van der Waals surface area (Å²) in [5.41, 5.74) is 0. The van der Waals surface area contributed by atoms with Crippen LogP contribution in [0.15, 0.2) is 12.2 Å². The van der Waals surface area contributed by atoms with Gasteiger partial charge in [-0.25, -0.2) is 0 Å². The Labute approximate surface area is 469 Å². The molecule has 0 aliphatic heterocycles. The summed E-state index contributed by atoms with van der Waals surface area (Å²) in [6.45, 7) is 6.71. The Morgan fingerprint density at radius 2 is 0.440 bits per heavy atom. The normalized spacial score (nSPS) is 12.0. The van der Waals surface area contributed by atoms with E-state index in [-0.39, 0.29) is 31.1 Å². The molecule has 0 rings (SSSR count). The lowest BCUT2D eigenvalue weighted by molar-refractivity contribution is -0.167. The fourth-order valence-electron chi connectivity index (χ4n) is 10.6. The molecule has 0 radical (unpaired) electrons. The first-order chi connectivity index (χ1) is 37.0. The van der Waals surface area contributed by atoms with Gasteiger partial charge in [0.1, 0.15) is 13.2 Å². The molecular formula is C69H132O6. The molecule has 0 bridgehead atoms. The second-order valence-electron chi connectivity index (χ2n) is 23.5. The molecule has 0 N–H and O–H groups in total. The zero-order chi connectivity index (χ0) is 54.3. The van der Waals surface area contributed by atoms with Crippen LogP contribution in [-0.2, 0) is 28.6 Å². The molecule has 0 aromatic rings. The molecule has 0 aromatic carbocycles. The Balaban J connectivity index is 4.10. The summed E-state index contributed by atoms with van der Waals surface area (Å²) < 4.78 is 16.9. The predicted octanol–water partition coefficient (Wildman–Crippen LogP) is 23.2. The summed E-state index contributed by atoms with van der Waals surface area (Å²) in [6, 6.07) is 0. The molecule has 6 heteroatoms. The first-order valence-corrected chi connectivity index (χ1v) is 34.2. The largest absolute Gasteiger partial charge is 0.462 e. The number of carbonyl (C=O) groups is 3. The Morgan fingerprint density at radius 1 is 0.253 bits per heavy atom. The van der Waals surface area contributed by atoms with Crippen LogP contribution in [0.3, 0.4) is 0 Å². The molecule has 0 heterocycles. The van der Waals surface area contributed by atoms with Crippen LogP contribution in [-0.4, -0.2) is 37.2 Å². The molecule has 0 aromatic heterocycles. The molecule has 0 spiro atoms. The van der Waals surface area contributed by atoms with E-state index in [1.165, 1.54) is 295 Å². The minimum atomic E-state index is -0.764. The summed E-state index contributed by atoms with van der Waals surface area (Å²) in [5.74, 6) is -0.831. The fraction of sp³-hybridized carbons (Fsp3) is 0.928. The van der Waals surface area contributed by atoms with Gasteiger partial charge in [-0.1, -0.05) is 341 Å². The van der Waals surface area contributed by atoms with E-state index in [2.05, 4.69) is 32.9 Å². The number of hydrogen-bond acceptors (Lipinski definition) is 6. The van der Waals surface area contributed by atoms with Crippen LogP contribution < -0.4 is 0 Å². The number of hydrogen-bond donors (Lipinski definition) is 0. The molecule has 1 unspecified atom stereocenters. The van der Waals surface area contributed by atoms with Crippen molar-refractivity contribution in [1.82, 2.24) is 0 Å². The SMILES string of the molecule is CCCCCCCCCC/C=C\CCCCCCCCCCCCCCCCCCCC(=O)OCC(COC(=O)CCCCCCCCCCCCC)OC(=O)CCCCCCCCCCCCCCCCCCC. The zero-order valence-electron chi connectivity index (χ0n) is 51.1. The molecule has 1 atom stereocenters. The predicted molar refractivity (Wildman–Crippen MR) is 326 cm³/mol. The highest BCUT2D eigenvalue weighted by Crippen LogP contribution is 2.19. The minimum absolute atomic E-state index is 0.0624. The number of carbonyl (C=O) groups excluding carboxylic acids is 3. The molecule has 0 saturated carbocycles. The van der Waals surface area contributed by atoms with Crippen LogP contribution in [0, 0.1) is 0 Å². The van der Waals surface area contributed by atoms with Gasteiger partial charge in [-0.05, 0) is 44.9 Å². The third-order valence-corrected chi connectivity index (χ3v) is 15.8. The van der Waals surface area contributed by atoms with Crippen LogP contribution >= 0.6 is 0 Å². The van der Waals surface area contributed by atoms with E-state index in [9.17, 15) is 14.4 Å². The van der Waals surface area contributed by atoms with Gasteiger partial charge in [0.25, 0.3) is 0 Å². The molecule has 444 valence electrons. The van der Waals surface area contributed by atoms with Gasteiger partial charge >= 0.3 is 17.9 Å². The Bertz CT molecular complexity index is 1170. The highest BCUT2D eigenvalue weighted by atomic mass is 16.6. The average Bonchev–Trinajstić information content (AvgIpc) is 3.41. The van der Waals surface area contributed by atoms with Crippen LogP contribution in [0.25, 0.3) is 0 Å². The Morgan fingerprint density at radius 3 is 0.667 bits per heavy atom. The maximum Gasteiger partial charge on any atom is 0.306 e. The van der Waals surface area contributed by atoms with E-state index < -0.39 is 6.10 Å². The lowest BCUT2D eigenvalue weighted by atomic mass is 10.0. The van der Waals surface area contributed by atoms with Crippen LogP contribution in [0.5, 0.6) is 0 Å². The van der Waals surface area contributed by atoms with Crippen molar-refractivity contribution < 1.29 is 28.6 Å². The van der Waals surface area contributed by atoms with E-state index in [0.29, 0.717) is 19.3 Å². The molecule has 6 nitrogen and oxygen atoms in total. The first-order valence-electron chi connectivity index (χ1n) is 34.2. The first kappa shape index (κ1) is 73.2. The number of rotatable bonds is 64. The van der Waals surface area contributed by atoms with Gasteiger partial charge in [0.2, 0.25) is 0 Å². The summed E-state index contributed by atoms with van der Waals surface area (Å²) in [4.78, 5) is 38.3. The molecule has 0 amide bonds. The number of unbranched alkanes of at least 4 members (excludes halogenated alkanes) is 51. The van der Waals surface area contributed by atoms with Crippen molar-refractivity contribution in [3.63, 3.8) is 0 Å². The van der Waals surface area contributed by atoms with E-state index in [4.69, 9.17) is 14.2 Å². The molecule has 0 fully saturated rings. The second kappa shape index (κ2) is 64.7. The molecule has 0 aliphatic rings. The number of esters is 3. The van der Waals surface area contributed by atoms with E-state index >= 15 is 0 Å². The van der Waals surface area contributed by atoms with Crippen LogP contribution in [0.1, 0.15) is 393 Å². The van der Waals surface area contributed by atoms with Crippen LogP contribution in [0.4, 0.5) is 0 Å². The van der Waals surface area contributed by atoms with Crippen molar-refractivity contribution in [1.29, 1.82) is 0 Å². The number of ether oxygens (including phenoxy) is 3. The summed E-state index contributed by atoms with van der Waals surface area (Å²) in [6.07, 6.45) is 76.7. The Hall–Kier alpha value is -1.85. The van der Waals surface area contributed by atoms with Gasteiger partial charge in [-0.2, -0.15) is 0 Å². The van der Waals surface area contributed by atoms with Crippen molar-refractivity contribution in [2.24, 2.45) is 0 Å². The third-order valence-electron chi connectivity index (χ3n) is 15.8. The lowest BCUT2D eigenvalue weighted by Gasteiger charge is -2.18. The number of allylic oxidation sites excluding steroid dienone is 2. The lowest BCUT2D eigenvalue weighted by Crippen LogP contribution is -2.30. The quantitative estimate of drug-likeness (QED) is 0.0261. The zero-order valence-corrected chi connectivity index (χ0v) is 51.1. The van der Waals surface area contributed by atoms with Crippen molar-refractivity contribution in [3.05, 3.63) is 12.2 Å². The van der Waals surface area contributed by atoms with Gasteiger partial charge in [0.05, 0.1) is 0 Å². The highest BCUT2D eigenvalue weighted by molar-refractivity contribution is 5.71. The van der Waals surface area contributed by atoms with Gasteiger partial charge in [-0.3, -0.25) is 14.4 Å². The third kappa shape index (κ3) is 62.9. The van der Waals surface area contributed by atoms with Gasteiger partial charge in [-0.15, -0.1) is 0 Å².